The molecule has 106 valence electrons. The van der Waals surface area contributed by atoms with E-state index >= 15 is 0 Å². The van der Waals surface area contributed by atoms with Crippen molar-refractivity contribution in [2.24, 2.45) is 11.7 Å². The lowest BCUT2D eigenvalue weighted by atomic mass is 9.86. The summed E-state index contributed by atoms with van der Waals surface area (Å²) in [4.78, 5) is 2.45. The summed E-state index contributed by atoms with van der Waals surface area (Å²) in [5.74, 6) is 0.643. The van der Waals surface area contributed by atoms with Crippen LogP contribution in [0, 0.1) is 5.92 Å². The fourth-order valence-corrected chi connectivity index (χ4v) is 3.03. The minimum absolute atomic E-state index is 0.0934. The highest BCUT2D eigenvalue weighted by Gasteiger charge is 2.39. The number of methoxy groups -OCH3 is 1. The van der Waals surface area contributed by atoms with E-state index in [1.807, 2.05) is 0 Å². The molecule has 0 saturated carbocycles. The van der Waals surface area contributed by atoms with Gasteiger partial charge in [-0.3, -0.25) is 0 Å². The standard InChI is InChI=1S/C16H26N2O/c1-12-9-14-7-5-6-8-15(14)18(10-12)16(3,11-17)13(2)19-4/h5-8,12-13H,9-11,17H2,1-4H3. The SMILES string of the molecule is COC(C)C(C)(CN)N1CC(C)Cc2ccccc21. The molecule has 1 aromatic carbocycles. The summed E-state index contributed by atoms with van der Waals surface area (Å²) >= 11 is 0. The lowest BCUT2D eigenvalue weighted by Crippen LogP contribution is -2.61. The summed E-state index contributed by atoms with van der Waals surface area (Å²) in [6, 6.07) is 8.66. The zero-order valence-electron chi connectivity index (χ0n) is 12.5. The molecule has 2 rings (SSSR count). The monoisotopic (exact) mass is 262 g/mol. The molecular formula is C16H26N2O. The van der Waals surface area contributed by atoms with Gasteiger partial charge in [-0.15, -0.1) is 0 Å². The van der Waals surface area contributed by atoms with Crippen molar-refractivity contribution >= 4 is 5.69 Å². The molecule has 0 amide bonds. The molecule has 0 spiro atoms. The van der Waals surface area contributed by atoms with Crippen molar-refractivity contribution < 1.29 is 4.74 Å². The van der Waals surface area contributed by atoms with E-state index in [2.05, 4.69) is 49.9 Å². The maximum absolute atomic E-state index is 6.10. The molecule has 1 aliphatic rings. The Hall–Kier alpha value is -1.06. The Morgan fingerprint density at radius 1 is 1.47 bits per heavy atom. The van der Waals surface area contributed by atoms with Crippen LogP contribution in [-0.4, -0.2) is 31.8 Å². The fraction of sp³-hybridized carbons (Fsp3) is 0.625. The zero-order valence-corrected chi connectivity index (χ0v) is 12.5. The first-order chi connectivity index (χ1) is 9.02. The number of hydrogen-bond donors (Lipinski definition) is 1. The number of para-hydroxylation sites is 1. The van der Waals surface area contributed by atoms with Crippen LogP contribution in [0.15, 0.2) is 24.3 Å². The first-order valence-electron chi connectivity index (χ1n) is 7.11. The summed E-state index contributed by atoms with van der Waals surface area (Å²) in [6.45, 7) is 8.24. The van der Waals surface area contributed by atoms with Gasteiger partial charge in [-0.1, -0.05) is 25.1 Å². The van der Waals surface area contributed by atoms with Crippen molar-refractivity contribution in [3.63, 3.8) is 0 Å². The van der Waals surface area contributed by atoms with Gasteiger partial charge in [-0.05, 0) is 37.8 Å². The lowest BCUT2D eigenvalue weighted by Gasteiger charge is -2.49. The Bertz CT molecular complexity index is 435. The predicted octanol–water partition coefficient (Wildman–Crippen LogP) is 2.44. The molecule has 19 heavy (non-hydrogen) atoms. The minimum atomic E-state index is -0.167. The van der Waals surface area contributed by atoms with Gasteiger partial charge in [0, 0.05) is 25.9 Å². The average Bonchev–Trinajstić information content (AvgIpc) is 2.44. The highest BCUT2D eigenvalue weighted by molar-refractivity contribution is 5.58. The molecule has 0 bridgehead atoms. The molecule has 3 heteroatoms. The quantitative estimate of drug-likeness (QED) is 0.905. The van der Waals surface area contributed by atoms with E-state index < -0.39 is 0 Å². The van der Waals surface area contributed by atoms with Crippen LogP contribution in [0.5, 0.6) is 0 Å². The van der Waals surface area contributed by atoms with Crippen LogP contribution in [0.3, 0.4) is 0 Å². The Morgan fingerprint density at radius 3 is 2.79 bits per heavy atom. The summed E-state index contributed by atoms with van der Waals surface area (Å²) in [5.41, 5.74) is 8.67. The molecule has 0 radical (unpaired) electrons. The summed E-state index contributed by atoms with van der Waals surface area (Å²) in [7, 11) is 1.76. The van der Waals surface area contributed by atoms with Crippen molar-refractivity contribution in [1.82, 2.24) is 0 Å². The van der Waals surface area contributed by atoms with E-state index in [0.717, 1.165) is 13.0 Å². The van der Waals surface area contributed by atoms with Crippen molar-refractivity contribution in [3.8, 4) is 0 Å². The molecular weight excluding hydrogens is 236 g/mol. The third-order valence-electron chi connectivity index (χ3n) is 4.60. The van der Waals surface area contributed by atoms with E-state index in [9.17, 15) is 0 Å². The summed E-state index contributed by atoms with van der Waals surface area (Å²) < 4.78 is 5.59. The van der Waals surface area contributed by atoms with E-state index in [0.29, 0.717) is 12.5 Å². The first-order valence-corrected chi connectivity index (χ1v) is 7.11. The third-order valence-corrected chi connectivity index (χ3v) is 4.60. The van der Waals surface area contributed by atoms with Gasteiger partial charge in [-0.2, -0.15) is 0 Å². The second-order valence-electron chi connectivity index (χ2n) is 5.99. The molecule has 3 nitrogen and oxygen atoms in total. The van der Waals surface area contributed by atoms with Gasteiger partial charge in [0.15, 0.2) is 0 Å². The highest BCUT2D eigenvalue weighted by Crippen LogP contribution is 2.36. The predicted molar refractivity (Wildman–Crippen MR) is 80.6 cm³/mol. The van der Waals surface area contributed by atoms with E-state index in [4.69, 9.17) is 10.5 Å². The maximum atomic E-state index is 6.10. The van der Waals surface area contributed by atoms with Gasteiger partial charge in [0.2, 0.25) is 0 Å². The topological polar surface area (TPSA) is 38.5 Å². The first kappa shape index (κ1) is 14.4. The van der Waals surface area contributed by atoms with Crippen LogP contribution < -0.4 is 10.6 Å². The van der Waals surface area contributed by atoms with Gasteiger partial charge < -0.3 is 15.4 Å². The van der Waals surface area contributed by atoms with Gasteiger partial charge >= 0.3 is 0 Å². The van der Waals surface area contributed by atoms with Gasteiger partial charge in [0.1, 0.15) is 0 Å². The van der Waals surface area contributed by atoms with Crippen molar-refractivity contribution in [2.75, 3.05) is 25.1 Å². The van der Waals surface area contributed by atoms with Gasteiger partial charge in [0.05, 0.1) is 11.6 Å². The van der Waals surface area contributed by atoms with E-state index in [1.54, 1.807) is 7.11 Å². The number of ether oxygens (including phenoxy) is 1. The number of anilines is 1. The van der Waals surface area contributed by atoms with Gasteiger partial charge in [-0.25, -0.2) is 0 Å². The minimum Gasteiger partial charge on any atom is -0.379 e. The molecule has 1 aliphatic heterocycles. The molecule has 3 unspecified atom stereocenters. The van der Waals surface area contributed by atoms with E-state index in [-0.39, 0.29) is 11.6 Å². The number of nitrogens with zero attached hydrogens (tertiary/aromatic N) is 1. The smallest absolute Gasteiger partial charge is 0.0784 e. The lowest BCUT2D eigenvalue weighted by molar-refractivity contribution is 0.0538. The summed E-state index contributed by atoms with van der Waals surface area (Å²) in [5, 5.41) is 0. The normalized spacial score (nSPS) is 23.6. The Balaban J connectivity index is 2.43. The second-order valence-corrected chi connectivity index (χ2v) is 5.99. The van der Waals surface area contributed by atoms with Crippen LogP contribution in [0.4, 0.5) is 5.69 Å². The molecule has 0 aliphatic carbocycles. The molecule has 3 atom stereocenters. The number of benzene rings is 1. The third kappa shape index (κ3) is 2.49. The maximum Gasteiger partial charge on any atom is 0.0784 e. The summed E-state index contributed by atoms with van der Waals surface area (Å²) in [6.07, 6.45) is 1.24. The second kappa shape index (κ2) is 5.51. The molecule has 1 heterocycles. The van der Waals surface area contributed by atoms with Crippen LogP contribution in [0.25, 0.3) is 0 Å². The molecule has 0 aromatic heterocycles. The number of rotatable bonds is 4. The zero-order chi connectivity index (χ0) is 14.0. The molecule has 0 fully saturated rings. The number of fused-ring (bicyclic) bond motifs is 1. The average molecular weight is 262 g/mol. The molecule has 1 aromatic rings. The fourth-order valence-electron chi connectivity index (χ4n) is 3.03. The van der Waals surface area contributed by atoms with Crippen LogP contribution in [0.1, 0.15) is 26.3 Å². The Kier molecular flexibility index (Phi) is 4.16. The van der Waals surface area contributed by atoms with Crippen LogP contribution >= 0.6 is 0 Å². The Labute approximate surface area is 116 Å². The highest BCUT2D eigenvalue weighted by atomic mass is 16.5. The van der Waals surface area contributed by atoms with Gasteiger partial charge in [0.25, 0.3) is 0 Å². The largest absolute Gasteiger partial charge is 0.379 e. The van der Waals surface area contributed by atoms with Crippen molar-refractivity contribution in [2.45, 2.75) is 38.8 Å². The van der Waals surface area contributed by atoms with Crippen molar-refractivity contribution in [3.05, 3.63) is 29.8 Å². The Morgan fingerprint density at radius 2 is 2.16 bits per heavy atom. The number of hydrogen-bond acceptors (Lipinski definition) is 3. The number of nitrogens with two attached hydrogens (primary N) is 1. The molecule has 0 saturated heterocycles. The van der Waals surface area contributed by atoms with Crippen molar-refractivity contribution in [1.29, 1.82) is 0 Å². The van der Waals surface area contributed by atoms with E-state index in [1.165, 1.54) is 11.3 Å². The molecule has 2 N–H and O–H groups in total. The van der Waals surface area contributed by atoms with Crippen LogP contribution in [0.2, 0.25) is 0 Å². The van der Waals surface area contributed by atoms with Crippen LogP contribution in [-0.2, 0) is 11.2 Å².